The highest BCUT2D eigenvalue weighted by molar-refractivity contribution is 6.33. The van der Waals surface area contributed by atoms with Crippen LogP contribution in [0, 0.1) is 0 Å². The van der Waals surface area contributed by atoms with Crippen molar-refractivity contribution in [2.24, 2.45) is 5.73 Å². The number of rotatable bonds is 1. The average Bonchev–Trinajstić information content (AvgIpc) is 2.46. The number of imidazole rings is 1. The molecule has 2 aromatic heterocycles. The molecule has 14 heavy (non-hydrogen) atoms. The maximum Gasteiger partial charge on any atom is 0.271 e. The number of carbonyl (C=O) groups excluding carboxylic acids is 1. The molecule has 0 fully saturated rings. The zero-order valence-electron chi connectivity index (χ0n) is 7.07. The van der Waals surface area contributed by atoms with E-state index in [1.54, 1.807) is 18.3 Å². The molecule has 0 bridgehead atoms. The first-order chi connectivity index (χ1) is 6.61. The van der Waals surface area contributed by atoms with Crippen molar-refractivity contribution in [2.75, 3.05) is 5.73 Å². The third-order valence-corrected chi connectivity index (χ3v) is 2.17. The molecule has 0 atom stereocenters. The average molecular weight is 211 g/mol. The lowest BCUT2D eigenvalue weighted by Crippen LogP contribution is -2.13. The Bertz CT molecular complexity index is 519. The van der Waals surface area contributed by atoms with Gasteiger partial charge < -0.3 is 11.5 Å². The number of nitrogens with zero attached hydrogens (tertiary/aromatic N) is 2. The molecule has 0 aromatic carbocycles. The standard InChI is InChI=1S/C8H7ClN4O/c9-4-2-1-3-13-6(10)5(7(11)14)12-8(4)13/h1-3H,10H2,(H2,11,14). The lowest BCUT2D eigenvalue weighted by molar-refractivity contribution is 0.0997. The van der Waals surface area contributed by atoms with Gasteiger partial charge in [0.05, 0.1) is 5.02 Å². The first-order valence-electron chi connectivity index (χ1n) is 3.83. The molecular weight excluding hydrogens is 204 g/mol. The van der Waals surface area contributed by atoms with E-state index in [2.05, 4.69) is 4.98 Å². The third kappa shape index (κ3) is 1.10. The molecule has 0 spiro atoms. The third-order valence-electron chi connectivity index (χ3n) is 1.87. The predicted octanol–water partition coefficient (Wildman–Crippen LogP) is 0.669. The fraction of sp³-hybridized carbons (Fsp3) is 0. The van der Waals surface area contributed by atoms with E-state index in [-0.39, 0.29) is 11.5 Å². The van der Waals surface area contributed by atoms with Crippen molar-refractivity contribution in [1.82, 2.24) is 9.38 Å². The summed E-state index contributed by atoms with van der Waals surface area (Å²) in [4.78, 5) is 14.9. The molecule has 0 aliphatic carbocycles. The number of anilines is 1. The van der Waals surface area contributed by atoms with E-state index >= 15 is 0 Å². The number of nitrogen functional groups attached to an aromatic ring is 1. The van der Waals surface area contributed by atoms with Crippen LogP contribution in [0.3, 0.4) is 0 Å². The van der Waals surface area contributed by atoms with Crippen LogP contribution in [0.4, 0.5) is 5.82 Å². The van der Waals surface area contributed by atoms with Crippen molar-refractivity contribution in [3.63, 3.8) is 0 Å². The number of fused-ring (bicyclic) bond motifs is 1. The number of halogens is 1. The topological polar surface area (TPSA) is 86.4 Å². The van der Waals surface area contributed by atoms with Gasteiger partial charge >= 0.3 is 0 Å². The van der Waals surface area contributed by atoms with Crippen LogP contribution < -0.4 is 11.5 Å². The highest BCUT2D eigenvalue weighted by atomic mass is 35.5. The van der Waals surface area contributed by atoms with E-state index < -0.39 is 5.91 Å². The second-order valence-corrected chi connectivity index (χ2v) is 3.17. The van der Waals surface area contributed by atoms with Crippen molar-refractivity contribution >= 4 is 29.0 Å². The lowest BCUT2D eigenvalue weighted by atomic mass is 10.4. The van der Waals surface area contributed by atoms with Gasteiger partial charge in [-0.05, 0) is 12.1 Å². The van der Waals surface area contributed by atoms with Crippen LogP contribution >= 0.6 is 11.6 Å². The Labute approximate surface area is 84.3 Å². The van der Waals surface area contributed by atoms with Gasteiger partial charge in [0.2, 0.25) is 0 Å². The SMILES string of the molecule is NC(=O)c1nc2c(Cl)cccn2c1N. The zero-order valence-corrected chi connectivity index (χ0v) is 7.82. The molecule has 0 aliphatic rings. The van der Waals surface area contributed by atoms with Crippen LogP contribution in [0.2, 0.25) is 5.02 Å². The molecule has 4 N–H and O–H groups in total. The second-order valence-electron chi connectivity index (χ2n) is 2.76. The molecule has 6 heteroatoms. The molecule has 5 nitrogen and oxygen atoms in total. The number of nitrogens with two attached hydrogens (primary N) is 2. The van der Waals surface area contributed by atoms with Gasteiger partial charge in [-0.25, -0.2) is 4.98 Å². The molecule has 0 aliphatic heterocycles. The van der Waals surface area contributed by atoms with E-state index in [1.165, 1.54) is 4.40 Å². The van der Waals surface area contributed by atoms with Crippen molar-refractivity contribution < 1.29 is 4.79 Å². The Kier molecular flexibility index (Phi) is 1.82. The largest absolute Gasteiger partial charge is 0.383 e. The number of carbonyl (C=O) groups is 1. The van der Waals surface area contributed by atoms with E-state index in [0.717, 1.165) is 0 Å². The van der Waals surface area contributed by atoms with Crippen molar-refractivity contribution in [3.05, 3.63) is 29.0 Å². The molecule has 0 saturated carbocycles. The van der Waals surface area contributed by atoms with Crippen molar-refractivity contribution in [3.8, 4) is 0 Å². The van der Waals surface area contributed by atoms with E-state index in [4.69, 9.17) is 23.1 Å². The van der Waals surface area contributed by atoms with Crippen molar-refractivity contribution in [2.45, 2.75) is 0 Å². The second kappa shape index (κ2) is 2.88. The summed E-state index contributed by atoms with van der Waals surface area (Å²) in [6, 6.07) is 3.37. The van der Waals surface area contributed by atoms with Gasteiger partial charge in [0.25, 0.3) is 5.91 Å². The summed E-state index contributed by atoms with van der Waals surface area (Å²) < 4.78 is 1.52. The van der Waals surface area contributed by atoms with Gasteiger partial charge in [0.1, 0.15) is 5.82 Å². The van der Waals surface area contributed by atoms with E-state index in [1.807, 2.05) is 0 Å². The minimum absolute atomic E-state index is 0.0399. The van der Waals surface area contributed by atoms with Gasteiger partial charge in [0, 0.05) is 6.20 Å². The summed E-state index contributed by atoms with van der Waals surface area (Å²) >= 11 is 5.86. The molecule has 0 saturated heterocycles. The lowest BCUT2D eigenvalue weighted by Gasteiger charge is -1.96. The Morgan fingerprint density at radius 3 is 2.86 bits per heavy atom. The Morgan fingerprint density at radius 2 is 2.29 bits per heavy atom. The molecule has 1 amide bonds. The Morgan fingerprint density at radius 1 is 1.57 bits per heavy atom. The van der Waals surface area contributed by atoms with Crippen LogP contribution in [0.1, 0.15) is 10.5 Å². The predicted molar refractivity (Wildman–Crippen MR) is 53.1 cm³/mol. The zero-order chi connectivity index (χ0) is 10.3. The molecule has 2 heterocycles. The number of hydrogen-bond acceptors (Lipinski definition) is 3. The number of pyridine rings is 1. The van der Waals surface area contributed by atoms with Crippen molar-refractivity contribution in [1.29, 1.82) is 0 Å². The number of amides is 1. The van der Waals surface area contributed by atoms with Gasteiger partial charge in [-0.3, -0.25) is 9.20 Å². The number of hydrogen-bond donors (Lipinski definition) is 2. The highest BCUT2D eigenvalue weighted by Gasteiger charge is 2.14. The molecule has 0 radical (unpaired) electrons. The maximum atomic E-state index is 10.9. The van der Waals surface area contributed by atoms with Crippen LogP contribution in [0.5, 0.6) is 0 Å². The van der Waals surface area contributed by atoms with Crippen LogP contribution in [-0.4, -0.2) is 15.3 Å². The minimum atomic E-state index is -0.665. The summed E-state index contributed by atoms with van der Waals surface area (Å²) in [5, 5.41) is 0.423. The monoisotopic (exact) mass is 210 g/mol. The van der Waals surface area contributed by atoms with E-state index in [0.29, 0.717) is 10.7 Å². The van der Waals surface area contributed by atoms with Crippen LogP contribution in [0.25, 0.3) is 5.65 Å². The fourth-order valence-corrected chi connectivity index (χ4v) is 1.44. The number of primary amides is 1. The van der Waals surface area contributed by atoms with Gasteiger partial charge in [-0.1, -0.05) is 11.6 Å². The maximum absolute atomic E-state index is 10.9. The Balaban J connectivity index is 2.86. The molecule has 2 rings (SSSR count). The Hall–Kier alpha value is -1.75. The van der Waals surface area contributed by atoms with Crippen LogP contribution in [-0.2, 0) is 0 Å². The molecule has 72 valence electrons. The van der Waals surface area contributed by atoms with Gasteiger partial charge in [0.15, 0.2) is 11.3 Å². The fourth-order valence-electron chi connectivity index (χ4n) is 1.23. The summed E-state index contributed by atoms with van der Waals surface area (Å²) in [6.45, 7) is 0. The first-order valence-corrected chi connectivity index (χ1v) is 4.21. The quantitative estimate of drug-likeness (QED) is 0.725. The summed E-state index contributed by atoms with van der Waals surface area (Å²) in [5.41, 5.74) is 11.2. The minimum Gasteiger partial charge on any atom is -0.383 e. The molecule has 2 aromatic rings. The summed E-state index contributed by atoms with van der Waals surface area (Å²) in [7, 11) is 0. The molecular formula is C8H7ClN4O. The summed E-state index contributed by atoms with van der Waals surface area (Å²) in [5.74, 6) is -0.461. The van der Waals surface area contributed by atoms with Gasteiger partial charge in [-0.15, -0.1) is 0 Å². The smallest absolute Gasteiger partial charge is 0.271 e. The van der Waals surface area contributed by atoms with E-state index in [9.17, 15) is 4.79 Å². The molecule has 0 unspecified atom stereocenters. The van der Waals surface area contributed by atoms with Gasteiger partial charge in [-0.2, -0.15) is 0 Å². The van der Waals surface area contributed by atoms with Crippen LogP contribution in [0.15, 0.2) is 18.3 Å². The highest BCUT2D eigenvalue weighted by Crippen LogP contribution is 2.20. The normalized spacial score (nSPS) is 10.6. The first kappa shape index (κ1) is 8.83. The summed E-state index contributed by atoms with van der Waals surface area (Å²) in [6.07, 6.45) is 1.66. The number of aromatic nitrogens is 2.